The zero-order valence-corrected chi connectivity index (χ0v) is 11.8. The summed E-state index contributed by atoms with van der Waals surface area (Å²) < 4.78 is 5.22. The number of carbonyl (C=O) groups is 1. The molecule has 1 aliphatic heterocycles. The smallest absolute Gasteiger partial charge is 0.253 e. The van der Waals surface area contributed by atoms with E-state index in [1.807, 2.05) is 35.4 Å². The number of aromatic amines is 1. The topological polar surface area (TPSA) is 45.3 Å². The molecule has 4 heteroatoms. The highest BCUT2D eigenvalue weighted by atomic mass is 16.5. The fraction of sp³-hybridized carbons (Fsp3) is 0.438. The first-order valence-electron chi connectivity index (χ1n) is 7.13. The molecular weight excluding hydrogens is 252 g/mol. The van der Waals surface area contributed by atoms with Crippen LogP contribution < -0.4 is 0 Å². The van der Waals surface area contributed by atoms with Gasteiger partial charge < -0.3 is 14.6 Å². The molecule has 3 rings (SSSR count). The predicted molar refractivity (Wildman–Crippen MR) is 78.8 cm³/mol. The molecule has 1 N–H and O–H groups in total. The van der Waals surface area contributed by atoms with Crippen molar-refractivity contribution in [3.63, 3.8) is 0 Å². The first kappa shape index (κ1) is 13.2. The highest BCUT2D eigenvalue weighted by molar-refractivity contribution is 5.98. The van der Waals surface area contributed by atoms with Crippen molar-refractivity contribution >= 4 is 16.8 Å². The number of nitrogens with zero attached hydrogens (tertiary/aromatic N) is 1. The van der Waals surface area contributed by atoms with E-state index in [0.717, 1.165) is 49.0 Å². The first-order valence-corrected chi connectivity index (χ1v) is 7.13. The number of hydrogen-bond donors (Lipinski definition) is 1. The highest BCUT2D eigenvalue weighted by Crippen LogP contribution is 2.20. The third kappa shape index (κ3) is 2.56. The van der Waals surface area contributed by atoms with Gasteiger partial charge in [0.2, 0.25) is 0 Å². The summed E-state index contributed by atoms with van der Waals surface area (Å²) in [5.74, 6) is 0.592. The van der Waals surface area contributed by atoms with E-state index in [2.05, 4.69) is 4.98 Å². The Hall–Kier alpha value is -1.81. The number of likely N-dealkylation sites (tertiary alicyclic amines) is 1. The molecule has 0 bridgehead atoms. The molecule has 1 atom stereocenters. The monoisotopic (exact) mass is 272 g/mol. The van der Waals surface area contributed by atoms with Crippen LogP contribution in [0.1, 0.15) is 23.2 Å². The molecule has 2 aromatic rings. The van der Waals surface area contributed by atoms with Crippen LogP contribution >= 0.6 is 0 Å². The van der Waals surface area contributed by atoms with Crippen molar-refractivity contribution in [1.29, 1.82) is 0 Å². The fourth-order valence-corrected chi connectivity index (χ4v) is 2.98. The van der Waals surface area contributed by atoms with Crippen molar-refractivity contribution in [2.24, 2.45) is 5.92 Å². The predicted octanol–water partition coefficient (Wildman–Crippen LogP) is 2.67. The van der Waals surface area contributed by atoms with Gasteiger partial charge in [0.15, 0.2) is 0 Å². The maximum Gasteiger partial charge on any atom is 0.253 e. The Balaban J connectivity index is 1.77. The van der Waals surface area contributed by atoms with Gasteiger partial charge in [0, 0.05) is 37.5 Å². The number of hydrogen-bond acceptors (Lipinski definition) is 2. The third-order valence-electron chi connectivity index (χ3n) is 4.01. The number of methoxy groups -OCH3 is 1. The summed E-state index contributed by atoms with van der Waals surface area (Å²) in [6.45, 7) is 2.39. The molecule has 4 nitrogen and oxygen atoms in total. The molecule has 0 unspecified atom stereocenters. The minimum atomic E-state index is 0.127. The van der Waals surface area contributed by atoms with Crippen LogP contribution in [0.4, 0.5) is 0 Å². The normalized spacial score (nSPS) is 19.4. The van der Waals surface area contributed by atoms with E-state index in [1.54, 1.807) is 7.11 Å². The minimum absolute atomic E-state index is 0.127. The number of piperidine rings is 1. The summed E-state index contributed by atoms with van der Waals surface area (Å²) in [5, 5.41) is 1.14. The number of aromatic nitrogens is 1. The quantitative estimate of drug-likeness (QED) is 0.933. The zero-order chi connectivity index (χ0) is 13.9. The van der Waals surface area contributed by atoms with Crippen molar-refractivity contribution < 1.29 is 9.53 Å². The lowest BCUT2D eigenvalue weighted by atomic mass is 9.98. The van der Waals surface area contributed by atoms with Crippen LogP contribution in [-0.4, -0.2) is 42.6 Å². The molecular formula is C16H20N2O2. The largest absolute Gasteiger partial charge is 0.384 e. The van der Waals surface area contributed by atoms with Crippen LogP contribution in [0.25, 0.3) is 10.9 Å². The van der Waals surface area contributed by atoms with Gasteiger partial charge in [0.25, 0.3) is 5.91 Å². The Labute approximate surface area is 118 Å². The van der Waals surface area contributed by atoms with Crippen LogP contribution in [0.3, 0.4) is 0 Å². The van der Waals surface area contributed by atoms with E-state index in [4.69, 9.17) is 4.74 Å². The van der Waals surface area contributed by atoms with E-state index >= 15 is 0 Å². The van der Waals surface area contributed by atoms with Gasteiger partial charge >= 0.3 is 0 Å². The van der Waals surface area contributed by atoms with E-state index in [1.165, 1.54) is 0 Å². The summed E-state index contributed by atoms with van der Waals surface area (Å²) in [7, 11) is 1.72. The van der Waals surface area contributed by atoms with Crippen molar-refractivity contribution in [3.05, 3.63) is 36.0 Å². The van der Waals surface area contributed by atoms with Crippen molar-refractivity contribution in [2.45, 2.75) is 12.8 Å². The maximum atomic E-state index is 12.6. The van der Waals surface area contributed by atoms with E-state index in [-0.39, 0.29) is 5.91 Å². The average molecular weight is 272 g/mol. The fourth-order valence-electron chi connectivity index (χ4n) is 2.98. The molecule has 1 aromatic heterocycles. The molecule has 0 aliphatic carbocycles. The Bertz CT molecular complexity index is 603. The van der Waals surface area contributed by atoms with Gasteiger partial charge in [-0.2, -0.15) is 0 Å². The van der Waals surface area contributed by atoms with E-state index in [0.29, 0.717) is 5.92 Å². The number of nitrogens with one attached hydrogen (secondary N) is 1. The number of rotatable bonds is 3. The molecule has 2 heterocycles. The number of amides is 1. The van der Waals surface area contributed by atoms with Gasteiger partial charge in [0.05, 0.1) is 6.61 Å². The van der Waals surface area contributed by atoms with Crippen molar-refractivity contribution in [2.75, 3.05) is 26.8 Å². The number of benzene rings is 1. The lowest BCUT2D eigenvalue weighted by Crippen LogP contribution is -2.41. The van der Waals surface area contributed by atoms with Crippen molar-refractivity contribution in [1.82, 2.24) is 9.88 Å². The lowest BCUT2D eigenvalue weighted by Gasteiger charge is -2.32. The van der Waals surface area contributed by atoms with Gasteiger partial charge in [-0.25, -0.2) is 0 Å². The van der Waals surface area contributed by atoms with Crippen LogP contribution in [0.15, 0.2) is 30.5 Å². The zero-order valence-electron chi connectivity index (χ0n) is 11.8. The van der Waals surface area contributed by atoms with Gasteiger partial charge in [-0.3, -0.25) is 4.79 Å². The number of H-pyrrole nitrogens is 1. The Morgan fingerprint density at radius 1 is 1.45 bits per heavy atom. The second-order valence-electron chi connectivity index (χ2n) is 5.49. The summed E-state index contributed by atoms with van der Waals surface area (Å²) in [6.07, 6.45) is 4.10. The lowest BCUT2D eigenvalue weighted by molar-refractivity contribution is 0.0571. The summed E-state index contributed by atoms with van der Waals surface area (Å²) in [6, 6.07) is 7.87. The molecule has 20 heavy (non-hydrogen) atoms. The summed E-state index contributed by atoms with van der Waals surface area (Å²) in [4.78, 5) is 17.7. The summed E-state index contributed by atoms with van der Waals surface area (Å²) >= 11 is 0. The molecule has 1 aliphatic rings. The Kier molecular flexibility index (Phi) is 3.74. The molecule has 0 spiro atoms. The van der Waals surface area contributed by atoms with Crippen molar-refractivity contribution in [3.8, 4) is 0 Å². The van der Waals surface area contributed by atoms with Crippen LogP contribution in [0.2, 0.25) is 0 Å². The minimum Gasteiger partial charge on any atom is -0.384 e. The van der Waals surface area contributed by atoms with Gasteiger partial charge in [-0.1, -0.05) is 6.07 Å². The number of fused-ring (bicyclic) bond motifs is 1. The first-order chi connectivity index (χ1) is 9.78. The van der Waals surface area contributed by atoms with Crippen LogP contribution in [0.5, 0.6) is 0 Å². The Morgan fingerprint density at radius 2 is 2.35 bits per heavy atom. The number of ether oxygens (including phenoxy) is 1. The van der Waals surface area contributed by atoms with E-state index in [9.17, 15) is 4.79 Å². The molecule has 1 saturated heterocycles. The Morgan fingerprint density at radius 3 is 3.20 bits per heavy atom. The second kappa shape index (κ2) is 5.67. The molecule has 1 amide bonds. The van der Waals surface area contributed by atoms with Gasteiger partial charge in [0.1, 0.15) is 0 Å². The second-order valence-corrected chi connectivity index (χ2v) is 5.49. The average Bonchev–Trinajstić information content (AvgIpc) is 2.94. The molecule has 1 fully saturated rings. The third-order valence-corrected chi connectivity index (χ3v) is 4.01. The van der Waals surface area contributed by atoms with Gasteiger partial charge in [-0.05, 0) is 42.3 Å². The number of carbonyl (C=O) groups excluding carboxylic acids is 1. The molecule has 1 aromatic carbocycles. The highest BCUT2D eigenvalue weighted by Gasteiger charge is 2.24. The maximum absolute atomic E-state index is 12.6. The summed E-state index contributed by atoms with van der Waals surface area (Å²) in [5.41, 5.74) is 1.78. The van der Waals surface area contributed by atoms with Gasteiger partial charge in [-0.15, -0.1) is 0 Å². The molecule has 106 valence electrons. The molecule has 0 radical (unpaired) electrons. The SMILES string of the molecule is COC[C@@H]1CCCN(C(=O)c2ccc3cc[nH]c3c2)C1. The standard InChI is InChI=1S/C16H20N2O2/c1-20-11-12-3-2-8-18(10-12)16(19)14-5-4-13-6-7-17-15(13)9-14/h4-7,9,12,17H,2-3,8,10-11H2,1H3/t12-/m1/s1. The van der Waals surface area contributed by atoms with Crippen LogP contribution in [0, 0.1) is 5.92 Å². The van der Waals surface area contributed by atoms with E-state index < -0.39 is 0 Å². The molecule has 0 saturated carbocycles. The van der Waals surface area contributed by atoms with Crippen LogP contribution in [-0.2, 0) is 4.74 Å².